The van der Waals surface area contributed by atoms with Crippen LogP contribution in [0.3, 0.4) is 0 Å². The number of pyridine rings is 1. The Bertz CT molecular complexity index is 1240. The molecule has 0 radical (unpaired) electrons. The van der Waals surface area contributed by atoms with Crippen molar-refractivity contribution in [2.75, 3.05) is 0 Å². The largest absolute Gasteiger partial charge is 0.410 e. The second kappa shape index (κ2) is 10.5. The van der Waals surface area contributed by atoms with Crippen LogP contribution in [0.1, 0.15) is 138 Å². The van der Waals surface area contributed by atoms with Gasteiger partial charge in [-0.25, -0.2) is 4.39 Å². The average molecular weight is 550 g/mol. The molecule has 39 heavy (non-hydrogen) atoms. The molecule has 1 saturated carbocycles. The SMILES string of the molecule is CC1(C)Cc2nc(C3CCCC3)c(C(O)c3ccc(F)cc3)c(C3=CCCC3)c2[C@H](O[Si](C)(C)C(C)(C)C)C1. The van der Waals surface area contributed by atoms with E-state index in [1.807, 2.05) is 0 Å². The van der Waals surface area contributed by atoms with Gasteiger partial charge in [-0.05, 0) is 97.3 Å². The third kappa shape index (κ3) is 5.69. The number of hydrogen-bond acceptors (Lipinski definition) is 3. The number of nitrogens with zero attached hydrogens (tertiary/aromatic N) is 1. The highest BCUT2D eigenvalue weighted by atomic mass is 28.4. The smallest absolute Gasteiger partial charge is 0.192 e. The van der Waals surface area contributed by atoms with Crippen LogP contribution in [-0.2, 0) is 10.8 Å². The van der Waals surface area contributed by atoms with Crippen molar-refractivity contribution in [2.24, 2.45) is 5.41 Å². The van der Waals surface area contributed by atoms with Crippen molar-refractivity contribution in [1.29, 1.82) is 0 Å². The molecule has 0 spiro atoms. The molecule has 1 aromatic carbocycles. The van der Waals surface area contributed by atoms with Crippen molar-refractivity contribution in [2.45, 2.75) is 129 Å². The van der Waals surface area contributed by atoms with E-state index in [-0.39, 0.29) is 22.4 Å². The number of fused-ring (bicyclic) bond motifs is 1. The number of allylic oxidation sites excluding steroid dienone is 2. The number of rotatable bonds is 6. The van der Waals surface area contributed by atoms with Crippen LogP contribution in [0.15, 0.2) is 30.3 Å². The summed E-state index contributed by atoms with van der Waals surface area (Å²) in [4.78, 5) is 5.50. The molecule has 1 unspecified atom stereocenters. The van der Waals surface area contributed by atoms with Gasteiger partial charge in [-0.3, -0.25) is 4.98 Å². The van der Waals surface area contributed by atoms with Crippen molar-refractivity contribution in [3.63, 3.8) is 0 Å². The van der Waals surface area contributed by atoms with Crippen LogP contribution < -0.4 is 0 Å². The van der Waals surface area contributed by atoms with Crippen molar-refractivity contribution < 1.29 is 13.9 Å². The van der Waals surface area contributed by atoms with Gasteiger partial charge in [0.2, 0.25) is 0 Å². The van der Waals surface area contributed by atoms with Gasteiger partial charge in [0.15, 0.2) is 8.32 Å². The van der Waals surface area contributed by atoms with Crippen molar-refractivity contribution >= 4 is 13.9 Å². The second-order valence-corrected chi connectivity index (χ2v) is 19.4. The van der Waals surface area contributed by atoms with Gasteiger partial charge in [-0.1, -0.05) is 65.7 Å². The minimum absolute atomic E-state index is 0.0505. The summed E-state index contributed by atoms with van der Waals surface area (Å²) >= 11 is 0. The Labute approximate surface area is 236 Å². The van der Waals surface area contributed by atoms with E-state index in [1.54, 1.807) is 12.1 Å². The first kappa shape index (κ1) is 28.7. The van der Waals surface area contributed by atoms with Crippen LogP contribution in [0.4, 0.5) is 4.39 Å². The van der Waals surface area contributed by atoms with Gasteiger partial charge < -0.3 is 9.53 Å². The minimum atomic E-state index is -2.09. The zero-order valence-corrected chi connectivity index (χ0v) is 26.2. The molecule has 3 nitrogen and oxygen atoms in total. The summed E-state index contributed by atoms with van der Waals surface area (Å²) in [6.45, 7) is 16.3. The number of aliphatic hydroxyl groups is 1. The van der Waals surface area contributed by atoms with E-state index < -0.39 is 14.4 Å². The standard InChI is InChI=1S/C34H48FNO2Si/c1-33(2,3)39(6,7)38-27-21-34(4,5)20-26-29(27)28(22-12-8-9-13-22)30(31(36-26)23-14-10-11-15-23)32(37)24-16-18-25(35)19-17-24/h12,16-19,23,27,32,37H,8-11,13-15,20-21H2,1-7H3/t27-,32?/m1/s1. The van der Waals surface area contributed by atoms with E-state index >= 15 is 0 Å². The fourth-order valence-electron chi connectivity index (χ4n) is 6.77. The quantitative estimate of drug-likeness (QED) is 0.365. The minimum Gasteiger partial charge on any atom is -0.410 e. The van der Waals surface area contributed by atoms with Gasteiger partial charge in [-0.15, -0.1) is 0 Å². The van der Waals surface area contributed by atoms with Crippen molar-refractivity contribution in [1.82, 2.24) is 4.98 Å². The molecule has 1 aromatic heterocycles. The number of benzene rings is 1. The highest BCUT2D eigenvalue weighted by Crippen LogP contribution is 2.53. The summed E-state index contributed by atoms with van der Waals surface area (Å²) in [5.74, 6) is 0.0697. The van der Waals surface area contributed by atoms with E-state index in [2.05, 4.69) is 53.8 Å². The third-order valence-electron chi connectivity index (χ3n) is 9.89. The maximum atomic E-state index is 13.9. The summed E-state index contributed by atoms with van der Waals surface area (Å²) in [7, 11) is -2.09. The lowest BCUT2D eigenvalue weighted by Gasteiger charge is -2.45. The van der Waals surface area contributed by atoms with E-state index in [9.17, 15) is 9.50 Å². The molecule has 1 fully saturated rings. The molecule has 1 heterocycles. The third-order valence-corrected chi connectivity index (χ3v) is 14.4. The highest BCUT2D eigenvalue weighted by molar-refractivity contribution is 6.74. The van der Waals surface area contributed by atoms with Gasteiger partial charge in [0.1, 0.15) is 11.9 Å². The Morgan fingerprint density at radius 1 is 1.08 bits per heavy atom. The number of aromatic nitrogens is 1. The zero-order valence-electron chi connectivity index (χ0n) is 25.2. The Hall–Kier alpha value is -1.82. The molecule has 3 aliphatic rings. The molecule has 0 amide bonds. The van der Waals surface area contributed by atoms with Crippen LogP contribution in [0, 0.1) is 11.2 Å². The second-order valence-electron chi connectivity index (χ2n) is 14.6. The fourth-order valence-corrected chi connectivity index (χ4v) is 8.04. The lowest BCUT2D eigenvalue weighted by molar-refractivity contribution is 0.105. The number of aliphatic hydroxyl groups excluding tert-OH is 1. The zero-order chi connectivity index (χ0) is 28.2. The summed E-state index contributed by atoms with van der Waals surface area (Å²) in [6, 6.07) is 6.38. The molecular weight excluding hydrogens is 501 g/mol. The fraction of sp³-hybridized carbons (Fsp3) is 0.618. The Kier molecular flexibility index (Phi) is 7.75. The van der Waals surface area contributed by atoms with Gasteiger partial charge in [0.25, 0.3) is 0 Å². The average Bonchev–Trinajstić information content (AvgIpc) is 3.56. The van der Waals surface area contributed by atoms with Crippen molar-refractivity contribution in [3.8, 4) is 0 Å². The van der Waals surface area contributed by atoms with Gasteiger partial charge in [0.05, 0.1) is 11.8 Å². The Balaban J connectivity index is 1.78. The van der Waals surface area contributed by atoms with E-state index in [0.717, 1.165) is 61.8 Å². The molecule has 0 saturated heterocycles. The molecule has 1 N–H and O–H groups in total. The predicted molar refractivity (Wildman–Crippen MR) is 161 cm³/mol. The summed E-state index contributed by atoms with van der Waals surface area (Å²) < 4.78 is 21.2. The first-order chi connectivity index (χ1) is 18.3. The number of hydrogen-bond donors (Lipinski definition) is 1. The molecule has 2 atom stereocenters. The maximum absolute atomic E-state index is 13.9. The molecule has 3 aliphatic carbocycles. The van der Waals surface area contributed by atoms with E-state index in [1.165, 1.54) is 47.4 Å². The predicted octanol–water partition coefficient (Wildman–Crippen LogP) is 9.56. The molecule has 5 rings (SSSR count). The van der Waals surface area contributed by atoms with Crippen LogP contribution in [0.25, 0.3) is 5.57 Å². The van der Waals surface area contributed by atoms with E-state index in [0.29, 0.717) is 5.92 Å². The lowest BCUT2D eigenvalue weighted by Crippen LogP contribution is -2.44. The molecule has 2 aromatic rings. The first-order valence-corrected chi connectivity index (χ1v) is 18.1. The Morgan fingerprint density at radius 3 is 2.33 bits per heavy atom. The topological polar surface area (TPSA) is 42.4 Å². The van der Waals surface area contributed by atoms with E-state index in [4.69, 9.17) is 9.41 Å². The van der Waals surface area contributed by atoms with Gasteiger partial charge >= 0.3 is 0 Å². The molecular formula is C34H48FNO2Si. The summed E-state index contributed by atoms with van der Waals surface area (Å²) in [6.07, 6.45) is 11.2. The maximum Gasteiger partial charge on any atom is 0.192 e. The van der Waals surface area contributed by atoms with Gasteiger partial charge in [-0.2, -0.15) is 0 Å². The molecule has 0 aliphatic heterocycles. The summed E-state index contributed by atoms with van der Waals surface area (Å²) in [5, 5.41) is 12.2. The Morgan fingerprint density at radius 2 is 1.74 bits per heavy atom. The van der Waals surface area contributed by atoms with Crippen LogP contribution >= 0.6 is 0 Å². The summed E-state index contributed by atoms with van der Waals surface area (Å²) in [5.41, 5.74) is 7.80. The van der Waals surface area contributed by atoms with Crippen LogP contribution in [-0.4, -0.2) is 18.4 Å². The lowest BCUT2D eigenvalue weighted by atomic mass is 9.71. The normalized spacial score (nSPS) is 22.6. The molecule has 212 valence electrons. The monoisotopic (exact) mass is 549 g/mol. The van der Waals surface area contributed by atoms with Crippen LogP contribution in [0.2, 0.25) is 18.1 Å². The molecule has 5 heteroatoms. The highest BCUT2D eigenvalue weighted by Gasteiger charge is 2.45. The molecule has 0 bridgehead atoms. The number of halogens is 1. The first-order valence-electron chi connectivity index (χ1n) is 15.1. The van der Waals surface area contributed by atoms with Gasteiger partial charge in [0, 0.05) is 22.7 Å². The van der Waals surface area contributed by atoms with Crippen LogP contribution in [0.5, 0.6) is 0 Å². The van der Waals surface area contributed by atoms with Crippen molar-refractivity contribution in [3.05, 3.63) is 69.8 Å².